The SMILES string of the molecule is COc1cccc(C(C)=NNC(=O)CSc2nnc(-c3ccncc3)n2-c2ccc(C)cc2)c1. The van der Waals surface area contributed by atoms with E-state index in [1.165, 1.54) is 11.8 Å². The van der Waals surface area contributed by atoms with Gasteiger partial charge in [-0.15, -0.1) is 10.2 Å². The molecule has 0 aliphatic rings. The number of pyridine rings is 1. The number of carbonyl (C=O) groups is 1. The monoisotopic (exact) mass is 472 g/mol. The lowest BCUT2D eigenvalue weighted by Crippen LogP contribution is -2.21. The van der Waals surface area contributed by atoms with Crippen LogP contribution in [0.15, 0.2) is 83.3 Å². The fourth-order valence-corrected chi connectivity index (χ4v) is 3.94. The number of thioether (sulfide) groups is 1. The van der Waals surface area contributed by atoms with Crippen LogP contribution in [0, 0.1) is 6.92 Å². The minimum Gasteiger partial charge on any atom is -0.497 e. The van der Waals surface area contributed by atoms with E-state index >= 15 is 0 Å². The predicted octanol–water partition coefficient (Wildman–Crippen LogP) is 4.28. The van der Waals surface area contributed by atoms with Crippen LogP contribution in [0.1, 0.15) is 18.1 Å². The number of ether oxygens (including phenoxy) is 1. The Morgan fingerprint density at radius 1 is 1.09 bits per heavy atom. The first-order chi connectivity index (χ1) is 16.5. The molecular weight excluding hydrogens is 448 g/mol. The Bertz CT molecular complexity index is 1300. The number of nitrogens with zero attached hydrogens (tertiary/aromatic N) is 5. The number of rotatable bonds is 8. The van der Waals surface area contributed by atoms with E-state index in [0.29, 0.717) is 16.7 Å². The summed E-state index contributed by atoms with van der Waals surface area (Å²) in [6.45, 7) is 3.87. The van der Waals surface area contributed by atoms with E-state index < -0.39 is 0 Å². The van der Waals surface area contributed by atoms with Gasteiger partial charge < -0.3 is 4.74 Å². The van der Waals surface area contributed by atoms with Crippen LogP contribution in [-0.4, -0.2) is 44.2 Å². The Labute approximate surface area is 202 Å². The number of methoxy groups -OCH3 is 1. The zero-order chi connectivity index (χ0) is 23.9. The average molecular weight is 473 g/mol. The van der Waals surface area contributed by atoms with E-state index in [-0.39, 0.29) is 11.7 Å². The van der Waals surface area contributed by atoms with E-state index in [1.54, 1.807) is 19.5 Å². The van der Waals surface area contributed by atoms with Gasteiger partial charge in [0.05, 0.1) is 18.6 Å². The number of amides is 1. The van der Waals surface area contributed by atoms with Gasteiger partial charge in [-0.1, -0.05) is 41.6 Å². The summed E-state index contributed by atoms with van der Waals surface area (Å²) < 4.78 is 7.18. The highest BCUT2D eigenvalue weighted by molar-refractivity contribution is 7.99. The van der Waals surface area contributed by atoms with E-state index in [9.17, 15) is 4.79 Å². The highest BCUT2D eigenvalue weighted by Gasteiger charge is 2.17. The summed E-state index contributed by atoms with van der Waals surface area (Å²) in [5.74, 6) is 1.31. The van der Waals surface area contributed by atoms with Crippen molar-refractivity contribution in [2.45, 2.75) is 19.0 Å². The van der Waals surface area contributed by atoms with Crippen molar-refractivity contribution in [1.29, 1.82) is 0 Å². The summed E-state index contributed by atoms with van der Waals surface area (Å²) in [6, 6.07) is 19.4. The van der Waals surface area contributed by atoms with E-state index in [2.05, 4.69) is 25.7 Å². The Hall–Kier alpha value is -3.98. The largest absolute Gasteiger partial charge is 0.497 e. The van der Waals surface area contributed by atoms with Crippen LogP contribution in [0.2, 0.25) is 0 Å². The second-order valence-electron chi connectivity index (χ2n) is 7.47. The lowest BCUT2D eigenvalue weighted by Gasteiger charge is -2.10. The van der Waals surface area contributed by atoms with Crippen molar-refractivity contribution in [3.05, 3.63) is 84.2 Å². The standard InChI is InChI=1S/C25H24N6O2S/c1-17-7-9-21(10-8-17)31-24(19-11-13-26-14-12-19)29-30-25(31)34-16-23(32)28-27-18(2)20-5-4-6-22(15-20)33-3/h4-15H,16H2,1-3H3,(H,28,32). The number of hydrazone groups is 1. The van der Waals surface area contributed by atoms with Crippen LogP contribution in [-0.2, 0) is 4.79 Å². The Morgan fingerprint density at radius 3 is 2.59 bits per heavy atom. The van der Waals surface area contributed by atoms with E-state index in [4.69, 9.17) is 4.74 Å². The molecule has 8 nitrogen and oxygen atoms in total. The second kappa shape index (κ2) is 10.8. The van der Waals surface area contributed by atoms with Gasteiger partial charge >= 0.3 is 0 Å². The summed E-state index contributed by atoms with van der Waals surface area (Å²) >= 11 is 1.30. The van der Waals surface area contributed by atoms with Gasteiger partial charge in [-0.25, -0.2) is 5.43 Å². The summed E-state index contributed by atoms with van der Waals surface area (Å²) in [4.78, 5) is 16.6. The van der Waals surface area contributed by atoms with Crippen LogP contribution in [0.3, 0.4) is 0 Å². The van der Waals surface area contributed by atoms with Gasteiger partial charge in [0.25, 0.3) is 5.91 Å². The molecule has 2 heterocycles. The van der Waals surface area contributed by atoms with Crippen molar-refractivity contribution >= 4 is 23.4 Å². The molecule has 1 N–H and O–H groups in total. The summed E-state index contributed by atoms with van der Waals surface area (Å²) in [6.07, 6.45) is 3.43. The molecule has 4 aromatic rings. The van der Waals surface area contributed by atoms with Crippen LogP contribution in [0.4, 0.5) is 0 Å². The number of carbonyl (C=O) groups excluding carboxylic acids is 1. The average Bonchev–Trinajstić information content (AvgIpc) is 3.31. The quantitative estimate of drug-likeness (QED) is 0.234. The predicted molar refractivity (Wildman–Crippen MR) is 133 cm³/mol. The van der Waals surface area contributed by atoms with Gasteiger partial charge in [0.1, 0.15) is 5.75 Å². The van der Waals surface area contributed by atoms with Crippen molar-refractivity contribution < 1.29 is 9.53 Å². The molecule has 1 amide bonds. The number of nitrogens with one attached hydrogen (secondary N) is 1. The maximum absolute atomic E-state index is 12.5. The summed E-state index contributed by atoms with van der Waals surface area (Å²) in [5, 5.41) is 13.6. The summed E-state index contributed by atoms with van der Waals surface area (Å²) in [5.41, 5.74) is 7.12. The molecule has 0 bridgehead atoms. The molecule has 0 atom stereocenters. The topological polar surface area (TPSA) is 94.3 Å². The van der Waals surface area contributed by atoms with Crippen molar-refractivity contribution in [3.8, 4) is 22.8 Å². The maximum Gasteiger partial charge on any atom is 0.250 e. The molecule has 0 radical (unpaired) electrons. The second-order valence-corrected chi connectivity index (χ2v) is 8.41. The lowest BCUT2D eigenvalue weighted by molar-refractivity contribution is -0.118. The van der Waals surface area contributed by atoms with Gasteiger partial charge in [0, 0.05) is 29.2 Å². The molecule has 0 aliphatic carbocycles. The molecule has 0 unspecified atom stereocenters. The van der Waals surface area contributed by atoms with Crippen molar-refractivity contribution in [1.82, 2.24) is 25.2 Å². The Kier molecular flexibility index (Phi) is 7.34. The minimum atomic E-state index is -0.240. The zero-order valence-electron chi connectivity index (χ0n) is 19.1. The maximum atomic E-state index is 12.5. The number of hydrogen-bond donors (Lipinski definition) is 1. The van der Waals surface area contributed by atoms with Crippen molar-refractivity contribution in [2.24, 2.45) is 5.10 Å². The third-order valence-corrected chi connectivity index (χ3v) is 5.96. The van der Waals surface area contributed by atoms with Gasteiger partial charge in [-0.2, -0.15) is 5.10 Å². The number of aryl methyl sites for hydroxylation is 1. The van der Waals surface area contributed by atoms with Gasteiger partial charge in [0.2, 0.25) is 0 Å². The van der Waals surface area contributed by atoms with E-state index in [0.717, 1.165) is 28.1 Å². The summed E-state index contributed by atoms with van der Waals surface area (Å²) in [7, 11) is 1.61. The van der Waals surface area contributed by atoms with E-state index in [1.807, 2.05) is 79.1 Å². The highest BCUT2D eigenvalue weighted by Crippen LogP contribution is 2.27. The Morgan fingerprint density at radius 2 is 1.85 bits per heavy atom. The molecule has 4 rings (SSSR count). The first-order valence-corrected chi connectivity index (χ1v) is 11.6. The van der Waals surface area contributed by atoms with Crippen LogP contribution < -0.4 is 10.2 Å². The van der Waals surface area contributed by atoms with Crippen molar-refractivity contribution in [2.75, 3.05) is 12.9 Å². The zero-order valence-corrected chi connectivity index (χ0v) is 19.9. The Balaban J connectivity index is 1.51. The first-order valence-electron chi connectivity index (χ1n) is 10.6. The number of benzene rings is 2. The molecule has 9 heteroatoms. The highest BCUT2D eigenvalue weighted by atomic mass is 32.2. The van der Waals surface area contributed by atoms with Gasteiger partial charge in [-0.05, 0) is 50.2 Å². The van der Waals surface area contributed by atoms with Gasteiger partial charge in [0.15, 0.2) is 11.0 Å². The third kappa shape index (κ3) is 5.49. The molecule has 0 fully saturated rings. The third-order valence-electron chi connectivity index (χ3n) is 5.03. The molecule has 0 aliphatic heterocycles. The number of hydrogen-bond acceptors (Lipinski definition) is 7. The molecule has 2 aromatic carbocycles. The molecule has 0 saturated heterocycles. The fourth-order valence-electron chi connectivity index (χ4n) is 3.20. The molecule has 34 heavy (non-hydrogen) atoms. The first kappa shape index (κ1) is 23.2. The van der Waals surface area contributed by atoms with Crippen molar-refractivity contribution in [3.63, 3.8) is 0 Å². The fraction of sp³-hybridized carbons (Fsp3) is 0.160. The van der Waals surface area contributed by atoms with Crippen LogP contribution in [0.5, 0.6) is 5.75 Å². The molecule has 0 saturated carbocycles. The molecule has 0 spiro atoms. The lowest BCUT2D eigenvalue weighted by atomic mass is 10.1. The van der Waals surface area contributed by atoms with Crippen LogP contribution in [0.25, 0.3) is 17.1 Å². The molecule has 172 valence electrons. The molecular formula is C25H24N6O2S. The minimum absolute atomic E-state index is 0.134. The van der Waals surface area contributed by atoms with Gasteiger partial charge in [-0.3, -0.25) is 14.3 Å². The normalized spacial score (nSPS) is 11.3. The van der Waals surface area contributed by atoms with Crippen LogP contribution >= 0.6 is 11.8 Å². The molecule has 2 aromatic heterocycles. The smallest absolute Gasteiger partial charge is 0.250 e. The number of aromatic nitrogens is 4.